The number of rotatable bonds is 2. The molecule has 0 amide bonds. The molecule has 1 rings (SSSR count). The van der Waals surface area contributed by atoms with Crippen molar-refractivity contribution in [3.63, 3.8) is 0 Å². The van der Waals surface area contributed by atoms with Crippen molar-refractivity contribution in [2.45, 2.75) is 13.8 Å². The Morgan fingerprint density at radius 2 is 2.15 bits per heavy atom. The van der Waals surface area contributed by atoms with Gasteiger partial charge >= 0.3 is 5.97 Å². The fourth-order valence-electron chi connectivity index (χ4n) is 1.18. The highest BCUT2D eigenvalue weighted by Crippen LogP contribution is 2.13. The number of hydrogen-bond acceptors (Lipinski definition) is 1. The first-order valence-corrected chi connectivity index (χ1v) is 4.12. The largest absolute Gasteiger partial charge is 0.478 e. The summed E-state index contributed by atoms with van der Waals surface area (Å²) < 4.78 is 0. The van der Waals surface area contributed by atoms with E-state index in [1.165, 1.54) is 0 Å². The van der Waals surface area contributed by atoms with Gasteiger partial charge in [-0.2, -0.15) is 0 Å². The minimum Gasteiger partial charge on any atom is -0.478 e. The number of carboxylic acid groups (broad SMARTS) is 1. The zero-order chi connectivity index (χ0) is 9.84. The van der Waals surface area contributed by atoms with Crippen molar-refractivity contribution in [3.8, 4) is 0 Å². The highest BCUT2D eigenvalue weighted by Gasteiger charge is 2.06. The van der Waals surface area contributed by atoms with Crippen molar-refractivity contribution in [1.82, 2.24) is 0 Å². The lowest BCUT2D eigenvalue weighted by atomic mass is 10.0. The molecule has 1 aromatic rings. The zero-order valence-electron chi connectivity index (χ0n) is 7.74. The van der Waals surface area contributed by atoms with E-state index >= 15 is 0 Å². The molecule has 0 aromatic heterocycles. The standard InChI is InChI=1S/C11H12O2/c1-3-4-9-6-5-8(2)7-10(9)11(12)13/h3-7H,1-2H3,(H,12,13). The molecule has 0 saturated heterocycles. The SMILES string of the molecule is CC=Cc1ccc(C)cc1C(=O)O. The first kappa shape index (κ1) is 9.52. The topological polar surface area (TPSA) is 37.3 Å². The van der Waals surface area contributed by atoms with Crippen LogP contribution in [0.2, 0.25) is 0 Å². The fraction of sp³-hybridized carbons (Fsp3) is 0.182. The van der Waals surface area contributed by atoms with E-state index in [0.29, 0.717) is 5.56 Å². The van der Waals surface area contributed by atoms with Gasteiger partial charge in [-0.05, 0) is 25.5 Å². The number of benzene rings is 1. The van der Waals surface area contributed by atoms with Crippen molar-refractivity contribution >= 4 is 12.0 Å². The third-order valence-corrected chi connectivity index (χ3v) is 1.79. The van der Waals surface area contributed by atoms with Crippen molar-refractivity contribution in [2.75, 3.05) is 0 Å². The molecule has 0 aliphatic carbocycles. The van der Waals surface area contributed by atoms with E-state index in [9.17, 15) is 4.79 Å². The van der Waals surface area contributed by atoms with Crippen LogP contribution in [0.3, 0.4) is 0 Å². The molecule has 0 fully saturated rings. The number of aromatic carboxylic acids is 1. The fourth-order valence-corrected chi connectivity index (χ4v) is 1.18. The molecule has 68 valence electrons. The summed E-state index contributed by atoms with van der Waals surface area (Å²) in [5, 5.41) is 8.88. The first-order valence-electron chi connectivity index (χ1n) is 4.12. The number of carboxylic acids is 1. The summed E-state index contributed by atoms with van der Waals surface area (Å²) in [7, 11) is 0. The van der Waals surface area contributed by atoms with E-state index in [-0.39, 0.29) is 0 Å². The number of hydrogen-bond donors (Lipinski definition) is 1. The maximum Gasteiger partial charge on any atom is 0.336 e. The number of allylic oxidation sites excluding steroid dienone is 1. The summed E-state index contributed by atoms with van der Waals surface area (Å²) in [6, 6.07) is 5.40. The second-order valence-electron chi connectivity index (χ2n) is 2.90. The highest BCUT2D eigenvalue weighted by atomic mass is 16.4. The van der Waals surface area contributed by atoms with Crippen molar-refractivity contribution in [3.05, 3.63) is 41.0 Å². The summed E-state index contributed by atoms with van der Waals surface area (Å²) in [4.78, 5) is 10.8. The molecular weight excluding hydrogens is 164 g/mol. The molecule has 1 N–H and O–H groups in total. The van der Waals surface area contributed by atoms with Crippen LogP contribution in [0.1, 0.15) is 28.4 Å². The Balaban J connectivity index is 3.26. The minimum atomic E-state index is -0.878. The molecule has 0 bridgehead atoms. The van der Waals surface area contributed by atoms with Crippen LogP contribution in [0.25, 0.3) is 6.08 Å². The smallest absolute Gasteiger partial charge is 0.336 e. The molecule has 0 unspecified atom stereocenters. The van der Waals surface area contributed by atoms with Gasteiger partial charge in [0, 0.05) is 0 Å². The molecule has 0 radical (unpaired) electrons. The maximum atomic E-state index is 10.8. The first-order chi connectivity index (χ1) is 6.15. The average Bonchev–Trinajstić information content (AvgIpc) is 2.08. The van der Waals surface area contributed by atoms with Gasteiger partial charge in [-0.1, -0.05) is 29.8 Å². The normalized spacial score (nSPS) is 10.6. The summed E-state index contributed by atoms with van der Waals surface area (Å²) >= 11 is 0. The monoisotopic (exact) mass is 176 g/mol. The summed E-state index contributed by atoms with van der Waals surface area (Å²) in [6.45, 7) is 3.75. The van der Waals surface area contributed by atoms with E-state index in [1.807, 2.05) is 32.1 Å². The second-order valence-corrected chi connectivity index (χ2v) is 2.90. The number of carbonyl (C=O) groups is 1. The molecule has 2 nitrogen and oxygen atoms in total. The van der Waals surface area contributed by atoms with Crippen LogP contribution in [-0.2, 0) is 0 Å². The van der Waals surface area contributed by atoms with Gasteiger partial charge in [0.15, 0.2) is 0 Å². The Labute approximate surface area is 77.5 Å². The van der Waals surface area contributed by atoms with Gasteiger partial charge in [-0.25, -0.2) is 4.79 Å². The number of aryl methyl sites for hydroxylation is 1. The summed E-state index contributed by atoms with van der Waals surface area (Å²) in [6.07, 6.45) is 3.62. The van der Waals surface area contributed by atoms with Gasteiger partial charge in [0.2, 0.25) is 0 Å². The Morgan fingerprint density at radius 3 is 2.69 bits per heavy atom. The molecule has 0 saturated carbocycles. The van der Waals surface area contributed by atoms with Crippen LogP contribution < -0.4 is 0 Å². The zero-order valence-corrected chi connectivity index (χ0v) is 7.74. The Hall–Kier alpha value is -1.57. The Morgan fingerprint density at radius 1 is 1.46 bits per heavy atom. The second kappa shape index (κ2) is 3.90. The molecule has 0 atom stereocenters. The van der Waals surface area contributed by atoms with E-state index in [1.54, 1.807) is 12.1 Å². The Kier molecular flexibility index (Phi) is 2.85. The van der Waals surface area contributed by atoms with Gasteiger partial charge in [0.05, 0.1) is 5.56 Å². The van der Waals surface area contributed by atoms with Gasteiger partial charge in [0.25, 0.3) is 0 Å². The van der Waals surface area contributed by atoms with Gasteiger partial charge < -0.3 is 5.11 Å². The van der Waals surface area contributed by atoms with Crippen molar-refractivity contribution in [2.24, 2.45) is 0 Å². The van der Waals surface area contributed by atoms with Crippen LogP contribution in [0.5, 0.6) is 0 Å². The molecule has 13 heavy (non-hydrogen) atoms. The summed E-state index contributed by atoms with van der Waals surface area (Å²) in [5.41, 5.74) is 2.07. The Bertz CT molecular complexity index is 351. The lowest BCUT2D eigenvalue weighted by Crippen LogP contribution is -1.99. The summed E-state index contributed by atoms with van der Waals surface area (Å²) in [5.74, 6) is -0.878. The van der Waals surface area contributed by atoms with Crippen LogP contribution in [0.15, 0.2) is 24.3 Å². The van der Waals surface area contributed by atoms with Crippen LogP contribution in [-0.4, -0.2) is 11.1 Å². The van der Waals surface area contributed by atoms with E-state index in [2.05, 4.69) is 0 Å². The molecule has 0 spiro atoms. The predicted molar refractivity (Wildman–Crippen MR) is 52.8 cm³/mol. The van der Waals surface area contributed by atoms with Crippen LogP contribution >= 0.6 is 0 Å². The molecule has 0 aliphatic heterocycles. The lowest BCUT2D eigenvalue weighted by Gasteiger charge is -2.01. The molecule has 2 heteroatoms. The van der Waals surface area contributed by atoms with Crippen molar-refractivity contribution < 1.29 is 9.90 Å². The minimum absolute atomic E-state index is 0.359. The van der Waals surface area contributed by atoms with E-state index < -0.39 is 5.97 Å². The third-order valence-electron chi connectivity index (χ3n) is 1.79. The molecule has 0 aliphatic rings. The quantitative estimate of drug-likeness (QED) is 0.752. The third kappa shape index (κ3) is 2.18. The van der Waals surface area contributed by atoms with Crippen molar-refractivity contribution in [1.29, 1.82) is 0 Å². The maximum absolute atomic E-state index is 10.8. The lowest BCUT2D eigenvalue weighted by molar-refractivity contribution is 0.0696. The average molecular weight is 176 g/mol. The molecule has 0 heterocycles. The van der Waals surface area contributed by atoms with E-state index in [4.69, 9.17) is 5.11 Å². The van der Waals surface area contributed by atoms with E-state index in [0.717, 1.165) is 11.1 Å². The van der Waals surface area contributed by atoms with Gasteiger partial charge in [-0.15, -0.1) is 0 Å². The highest BCUT2D eigenvalue weighted by molar-refractivity contribution is 5.92. The van der Waals surface area contributed by atoms with Crippen LogP contribution in [0.4, 0.5) is 0 Å². The van der Waals surface area contributed by atoms with Crippen LogP contribution in [0, 0.1) is 6.92 Å². The molecule has 1 aromatic carbocycles. The van der Waals surface area contributed by atoms with Gasteiger partial charge in [0.1, 0.15) is 0 Å². The molecular formula is C11H12O2. The van der Waals surface area contributed by atoms with Gasteiger partial charge in [-0.3, -0.25) is 0 Å². The predicted octanol–water partition coefficient (Wildman–Crippen LogP) is 2.73.